The summed E-state index contributed by atoms with van der Waals surface area (Å²) in [4.78, 5) is 19.9. The minimum Gasteiger partial charge on any atom is -0.341 e. The van der Waals surface area contributed by atoms with Crippen molar-refractivity contribution in [2.24, 2.45) is 11.8 Å². The van der Waals surface area contributed by atoms with Gasteiger partial charge in [0.2, 0.25) is 0 Å². The number of aromatic nitrogens is 1. The molecule has 0 bridgehead atoms. The molecule has 3 N–H and O–H groups in total. The molecule has 0 aromatic carbocycles. The zero-order valence-electron chi connectivity index (χ0n) is 12.5. The fraction of sp³-hybridized carbons (Fsp3) is 0.571. The normalized spacial score (nSPS) is 16.8. The largest absolute Gasteiger partial charge is 0.341 e. The van der Waals surface area contributed by atoms with E-state index >= 15 is 0 Å². The van der Waals surface area contributed by atoms with Gasteiger partial charge in [-0.15, -0.1) is 0 Å². The van der Waals surface area contributed by atoms with Crippen LogP contribution in [0.1, 0.15) is 23.2 Å². The van der Waals surface area contributed by atoms with Crippen LogP contribution < -0.4 is 11.3 Å². The van der Waals surface area contributed by atoms with Crippen LogP contribution in [0.25, 0.3) is 0 Å². The molecule has 1 saturated heterocycles. The van der Waals surface area contributed by atoms with E-state index in [2.05, 4.69) is 22.4 Å². The molecule has 21 heavy (non-hydrogen) atoms. The molecule has 0 aliphatic carbocycles. The number of carbonyl (C=O) groups is 1. The van der Waals surface area contributed by atoms with Gasteiger partial charge in [0.1, 0.15) is 0 Å². The Kier molecular flexibility index (Phi) is 5.08. The minimum atomic E-state index is -0.708. The van der Waals surface area contributed by atoms with Gasteiger partial charge in [0.05, 0.1) is 5.56 Å². The first-order valence-electron chi connectivity index (χ1n) is 7.08. The third kappa shape index (κ3) is 3.68. The van der Waals surface area contributed by atoms with Crippen molar-refractivity contribution in [1.82, 2.24) is 14.8 Å². The number of anilines is 1. The van der Waals surface area contributed by atoms with Crippen LogP contribution in [0, 0.1) is 11.7 Å². The van der Waals surface area contributed by atoms with Crippen LogP contribution in [0.15, 0.2) is 12.3 Å². The summed E-state index contributed by atoms with van der Waals surface area (Å²) in [5, 5.41) is 0. The Labute approximate surface area is 124 Å². The van der Waals surface area contributed by atoms with E-state index in [1.165, 1.54) is 12.3 Å². The molecule has 0 unspecified atom stereocenters. The predicted octanol–water partition coefficient (Wildman–Crippen LogP) is 0.920. The number of amides is 1. The van der Waals surface area contributed by atoms with Crippen molar-refractivity contribution in [1.29, 1.82) is 0 Å². The van der Waals surface area contributed by atoms with Gasteiger partial charge < -0.3 is 15.2 Å². The molecular formula is C14H22FN5O. The second-order valence-corrected chi connectivity index (χ2v) is 5.60. The zero-order valence-corrected chi connectivity index (χ0v) is 12.5. The number of nitrogens with two attached hydrogens (primary N) is 1. The van der Waals surface area contributed by atoms with Crippen LogP contribution in [0.4, 0.5) is 10.2 Å². The summed E-state index contributed by atoms with van der Waals surface area (Å²) in [6.45, 7) is 2.72. The van der Waals surface area contributed by atoms with E-state index in [9.17, 15) is 9.18 Å². The van der Waals surface area contributed by atoms with Crippen molar-refractivity contribution >= 4 is 11.7 Å². The van der Waals surface area contributed by atoms with E-state index in [1.807, 2.05) is 0 Å². The van der Waals surface area contributed by atoms with Gasteiger partial charge in [-0.3, -0.25) is 4.79 Å². The predicted molar refractivity (Wildman–Crippen MR) is 79.2 cm³/mol. The average molecular weight is 295 g/mol. The van der Waals surface area contributed by atoms with Gasteiger partial charge in [-0.05, 0) is 45.0 Å². The number of piperidine rings is 1. The molecule has 1 aliphatic rings. The van der Waals surface area contributed by atoms with Crippen LogP contribution >= 0.6 is 0 Å². The number of nitrogens with one attached hydrogen (secondary N) is 1. The second-order valence-electron chi connectivity index (χ2n) is 5.60. The highest BCUT2D eigenvalue weighted by Gasteiger charge is 2.23. The highest BCUT2D eigenvalue weighted by Crippen LogP contribution is 2.19. The van der Waals surface area contributed by atoms with E-state index in [-0.39, 0.29) is 17.3 Å². The van der Waals surface area contributed by atoms with Crippen LogP contribution in [0.5, 0.6) is 0 Å². The lowest BCUT2D eigenvalue weighted by molar-refractivity contribution is 0.0742. The molecule has 2 rings (SSSR count). The van der Waals surface area contributed by atoms with E-state index < -0.39 is 5.82 Å². The molecule has 7 heteroatoms. The van der Waals surface area contributed by atoms with Gasteiger partial charge in [-0.25, -0.2) is 15.2 Å². The van der Waals surface area contributed by atoms with Crippen LogP contribution in [0.3, 0.4) is 0 Å². The summed E-state index contributed by atoms with van der Waals surface area (Å²) in [5.74, 6) is 4.47. The standard InChI is InChI=1S/C14H22FN5O/c1-19-7-4-10(5-8-19)9-20(2)14(21)11-3-6-17-13(18-16)12(11)15/h3,6,10H,4-5,7-9,16H2,1-2H3,(H,17,18). The minimum absolute atomic E-state index is 0.00613. The molecule has 1 aliphatic heterocycles. The van der Waals surface area contributed by atoms with Crippen LogP contribution in [-0.2, 0) is 0 Å². The Hall–Kier alpha value is -1.73. The molecule has 0 spiro atoms. The molecule has 1 fully saturated rings. The maximum absolute atomic E-state index is 14.1. The van der Waals surface area contributed by atoms with Gasteiger partial charge in [-0.1, -0.05) is 0 Å². The topological polar surface area (TPSA) is 74.5 Å². The molecule has 6 nitrogen and oxygen atoms in total. The van der Waals surface area contributed by atoms with Crippen molar-refractivity contribution in [3.05, 3.63) is 23.6 Å². The third-order valence-electron chi connectivity index (χ3n) is 3.97. The molecule has 0 atom stereocenters. The van der Waals surface area contributed by atoms with Gasteiger partial charge in [0.15, 0.2) is 11.6 Å². The van der Waals surface area contributed by atoms with Gasteiger partial charge >= 0.3 is 0 Å². The number of hydrogen-bond donors (Lipinski definition) is 2. The van der Waals surface area contributed by atoms with Gasteiger partial charge in [-0.2, -0.15) is 0 Å². The summed E-state index contributed by atoms with van der Waals surface area (Å²) >= 11 is 0. The highest BCUT2D eigenvalue weighted by molar-refractivity contribution is 5.95. The first kappa shape index (κ1) is 15.7. The summed E-state index contributed by atoms with van der Waals surface area (Å²) in [6, 6.07) is 1.38. The maximum Gasteiger partial charge on any atom is 0.256 e. The Bertz CT molecular complexity index is 502. The van der Waals surface area contributed by atoms with Crippen molar-refractivity contribution in [3.63, 3.8) is 0 Å². The first-order chi connectivity index (χ1) is 10.0. The lowest BCUT2D eigenvalue weighted by Gasteiger charge is -2.31. The Morgan fingerprint density at radius 2 is 2.24 bits per heavy atom. The second kappa shape index (κ2) is 6.82. The number of pyridine rings is 1. The van der Waals surface area contributed by atoms with E-state index in [1.54, 1.807) is 11.9 Å². The Morgan fingerprint density at radius 1 is 1.57 bits per heavy atom. The molecule has 1 aromatic heterocycles. The maximum atomic E-state index is 14.1. The number of nitrogens with zero attached hydrogens (tertiary/aromatic N) is 3. The van der Waals surface area contributed by atoms with E-state index in [4.69, 9.17) is 5.84 Å². The highest BCUT2D eigenvalue weighted by atomic mass is 19.1. The van der Waals surface area contributed by atoms with E-state index in [0.29, 0.717) is 12.5 Å². The third-order valence-corrected chi connectivity index (χ3v) is 3.97. The molecule has 116 valence electrons. The van der Waals surface area contributed by atoms with Gasteiger partial charge in [0.25, 0.3) is 5.91 Å². The quantitative estimate of drug-likeness (QED) is 0.638. The monoisotopic (exact) mass is 295 g/mol. The molecular weight excluding hydrogens is 273 g/mol. The SMILES string of the molecule is CN1CCC(CN(C)C(=O)c2ccnc(NN)c2F)CC1. The first-order valence-corrected chi connectivity index (χ1v) is 7.08. The summed E-state index contributed by atoms with van der Waals surface area (Å²) in [7, 11) is 3.80. The molecule has 1 aromatic rings. The number of nitrogen functional groups attached to an aromatic ring is 1. The van der Waals surface area contributed by atoms with Crippen molar-refractivity contribution in [2.75, 3.05) is 39.2 Å². The number of hydrogen-bond acceptors (Lipinski definition) is 5. The lowest BCUT2D eigenvalue weighted by Crippen LogP contribution is -2.38. The summed E-state index contributed by atoms with van der Waals surface area (Å²) < 4.78 is 14.1. The van der Waals surface area contributed by atoms with E-state index in [0.717, 1.165) is 25.9 Å². The number of halogens is 1. The summed E-state index contributed by atoms with van der Waals surface area (Å²) in [6.07, 6.45) is 3.49. The Balaban J connectivity index is 2.02. The number of rotatable bonds is 4. The average Bonchev–Trinajstić information content (AvgIpc) is 2.49. The molecule has 2 heterocycles. The summed E-state index contributed by atoms with van der Waals surface area (Å²) in [5.41, 5.74) is 2.15. The molecule has 0 radical (unpaired) electrons. The zero-order chi connectivity index (χ0) is 15.4. The van der Waals surface area contributed by atoms with Crippen LogP contribution in [0.2, 0.25) is 0 Å². The van der Waals surface area contributed by atoms with Crippen molar-refractivity contribution < 1.29 is 9.18 Å². The van der Waals surface area contributed by atoms with Crippen LogP contribution in [-0.4, -0.2) is 54.4 Å². The number of likely N-dealkylation sites (tertiary alicyclic amines) is 1. The fourth-order valence-electron chi connectivity index (χ4n) is 2.63. The number of carbonyl (C=O) groups excluding carboxylic acids is 1. The Morgan fingerprint density at radius 3 is 2.86 bits per heavy atom. The smallest absolute Gasteiger partial charge is 0.256 e. The fourth-order valence-corrected chi connectivity index (χ4v) is 2.63. The molecule has 0 saturated carbocycles. The number of hydrazine groups is 1. The lowest BCUT2D eigenvalue weighted by atomic mass is 9.96. The molecule has 1 amide bonds. The van der Waals surface area contributed by atoms with Gasteiger partial charge in [0, 0.05) is 19.8 Å². The van der Waals surface area contributed by atoms with Crippen molar-refractivity contribution in [3.8, 4) is 0 Å². The van der Waals surface area contributed by atoms with Crippen molar-refractivity contribution in [2.45, 2.75) is 12.8 Å².